The summed E-state index contributed by atoms with van der Waals surface area (Å²) in [6.07, 6.45) is 2.31. The monoisotopic (exact) mass is 242 g/mol. The maximum absolute atomic E-state index is 11.9. The Hall–Kier alpha value is -1.32. The smallest absolute Gasteiger partial charge is 0.323 e. The van der Waals surface area contributed by atoms with Crippen LogP contribution in [-0.2, 0) is 14.3 Å². The molecule has 0 aromatic carbocycles. The fourth-order valence-corrected chi connectivity index (χ4v) is 1.06. The van der Waals surface area contributed by atoms with Gasteiger partial charge in [0.1, 0.15) is 0 Å². The molecule has 4 nitrogen and oxygen atoms in total. The van der Waals surface area contributed by atoms with Crippen molar-refractivity contribution in [3.05, 3.63) is 11.6 Å². The number of ether oxygens (including phenoxy) is 1. The average molecular weight is 242 g/mol. The van der Waals surface area contributed by atoms with Crippen molar-refractivity contribution in [2.45, 2.75) is 53.6 Å². The number of hydrogen-bond donors (Lipinski definition) is 1. The molecule has 0 heterocycles. The van der Waals surface area contributed by atoms with Gasteiger partial charge >= 0.3 is 11.9 Å². The first-order valence-corrected chi connectivity index (χ1v) is 5.81. The number of carboxylic acids is 1. The predicted molar refractivity (Wildman–Crippen MR) is 65.6 cm³/mol. The highest BCUT2D eigenvalue weighted by Crippen LogP contribution is 2.26. The van der Waals surface area contributed by atoms with Crippen LogP contribution in [0.3, 0.4) is 0 Å². The normalized spacial score (nSPS) is 15.6. The van der Waals surface area contributed by atoms with E-state index in [4.69, 9.17) is 4.74 Å². The van der Waals surface area contributed by atoms with Crippen molar-refractivity contribution < 1.29 is 19.4 Å². The van der Waals surface area contributed by atoms with E-state index in [-0.39, 0.29) is 12.5 Å². The lowest BCUT2D eigenvalue weighted by Gasteiger charge is -2.23. The van der Waals surface area contributed by atoms with Crippen molar-refractivity contribution in [2.24, 2.45) is 5.41 Å². The minimum atomic E-state index is -1.50. The third kappa shape index (κ3) is 4.59. The van der Waals surface area contributed by atoms with Crippen LogP contribution in [0.4, 0.5) is 0 Å². The van der Waals surface area contributed by atoms with Crippen LogP contribution in [0.15, 0.2) is 11.6 Å². The molecular formula is C13H22O4. The van der Waals surface area contributed by atoms with Crippen LogP contribution in [0.2, 0.25) is 0 Å². The molecule has 0 aliphatic rings. The maximum Gasteiger partial charge on any atom is 0.323 e. The average Bonchev–Trinajstić information content (AvgIpc) is 2.24. The van der Waals surface area contributed by atoms with Gasteiger partial charge in [-0.2, -0.15) is 0 Å². The van der Waals surface area contributed by atoms with Crippen LogP contribution in [0, 0.1) is 5.41 Å². The minimum absolute atomic E-state index is 0.153. The molecular weight excluding hydrogens is 220 g/mol. The first-order chi connectivity index (χ1) is 7.74. The van der Waals surface area contributed by atoms with Crippen LogP contribution in [-0.4, -0.2) is 23.1 Å². The summed E-state index contributed by atoms with van der Waals surface area (Å²) >= 11 is 0. The molecule has 0 aliphatic carbocycles. The lowest BCUT2D eigenvalue weighted by Crippen LogP contribution is -2.39. The van der Waals surface area contributed by atoms with Gasteiger partial charge in [-0.3, -0.25) is 9.59 Å². The predicted octanol–water partition coefficient (Wildman–Crippen LogP) is 2.78. The van der Waals surface area contributed by atoms with Gasteiger partial charge in [-0.25, -0.2) is 0 Å². The highest BCUT2D eigenvalue weighted by Gasteiger charge is 2.42. The number of carbonyl (C=O) groups is 2. The second kappa shape index (κ2) is 6.42. The number of aliphatic carboxylic acids is 1. The van der Waals surface area contributed by atoms with Crippen molar-refractivity contribution in [1.29, 1.82) is 0 Å². The molecule has 0 aromatic heterocycles. The highest BCUT2D eigenvalue weighted by molar-refractivity contribution is 5.98. The van der Waals surface area contributed by atoms with Gasteiger partial charge in [0, 0.05) is 0 Å². The number of esters is 1. The summed E-state index contributed by atoms with van der Waals surface area (Å²) in [6, 6.07) is 0. The Morgan fingerprint density at radius 3 is 2.29 bits per heavy atom. The first-order valence-electron chi connectivity index (χ1n) is 5.81. The van der Waals surface area contributed by atoms with E-state index >= 15 is 0 Å². The topological polar surface area (TPSA) is 63.6 Å². The summed E-state index contributed by atoms with van der Waals surface area (Å²) in [5, 5.41) is 9.17. The zero-order chi connectivity index (χ0) is 13.6. The van der Waals surface area contributed by atoms with E-state index in [2.05, 4.69) is 0 Å². The van der Waals surface area contributed by atoms with Gasteiger partial charge in [-0.05, 0) is 40.5 Å². The van der Waals surface area contributed by atoms with Crippen molar-refractivity contribution in [3.63, 3.8) is 0 Å². The van der Waals surface area contributed by atoms with E-state index in [9.17, 15) is 14.7 Å². The summed E-state index contributed by atoms with van der Waals surface area (Å²) in [7, 11) is 0. The van der Waals surface area contributed by atoms with Gasteiger partial charge in [0.25, 0.3) is 0 Å². The third-order valence-electron chi connectivity index (χ3n) is 2.72. The fraction of sp³-hybridized carbons (Fsp3) is 0.692. The van der Waals surface area contributed by atoms with Crippen LogP contribution < -0.4 is 0 Å². The van der Waals surface area contributed by atoms with Crippen LogP contribution in [0.1, 0.15) is 47.5 Å². The van der Waals surface area contributed by atoms with E-state index in [1.54, 1.807) is 13.0 Å². The van der Waals surface area contributed by atoms with E-state index in [0.29, 0.717) is 6.42 Å². The zero-order valence-electron chi connectivity index (χ0n) is 11.2. The molecule has 0 aromatic rings. The standard InChI is InChI=1S/C13H22O4/c1-6-10(4)17-12(16)13(5,11(14)15)8-7-9(2)3/h7,10H,6,8H2,1-5H3,(H,14,15). The van der Waals surface area contributed by atoms with Gasteiger partial charge in [-0.1, -0.05) is 18.6 Å². The molecule has 1 N–H and O–H groups in total. The number of allylic oxidation sites excluding steroid dienone is 2. The van der Waals surface area contributed by atoms with Gasteiger partial charge in [0.05, 0.1) is 6.10 Å². The van der Waals surface area contributed by atoms with Crippen LogP contribution in [0.5, 0.6) is 0 Å². The lowest BCUT2D eigenvalue weighted by atomic mass is 9.86. The Morgan fingerprint density at radius 2 is 1.94 bits per heavy atom. The second-order valence-electron chi connectivity index (χ2n) is 4.75. The summed E-state index contributed by atoms with van der Waals surface area (Å²) < 4.78 is 5.11. The third-order valence-corrected chi connectivity index (χ3v) is 2.72. The number of carbonyl (C=O) groups excluding carboxylic acids is 1. The molecule has 98 valence electrons. The van der Waals surface area contributed by atoms with Crippen molar-refractivity contribution in [1.82, 2.24) is 0 Å². The lowest BCUT2D eigenvalue weighted by molar-refractivity contribution is -0.170. The fourth-order valence-electron chi connectivity index (χ4n) is 1.06. The van der Waals surface area contributed by atoms with Gasteiger partial charge in [0.2, 0.25) is 0 Å². The first kappa shape index (κ1) is 15.7. The van der Waals surface area contributed by atoms with Crippen LogP contribution >= 0.6 is 0 Å². The second-order valence-corrected chi connectivity index (χ2v) is 4.75. The number of rotatable bonds is 6. The molecule has 2 atom stereocenters. The van der Waals surface area contributed by atoms with Crippen molar-refractivity contribution in [3.8, 4) is 0 Å². The molecule has 0 radical (unpaired) electrons. The minimum Gasteiger partial charge on any atom is -0.480 e. The molecule has 0 amide bonds. The van der Waals surface area contributed by atoms with E-state index in [1.165, 1.54) is 6.92 Å². The van der Waals surface area contributed by atoms with E-state index < -0.39 is 17.4 Å². The number of carboxylic acid groups (broad SMARTS) is 1. The molecule has 0 rings (SSSR count). The Bertz CT molecular complexity index is 315. The molecule has 4 heteroatoms. The molecule has 0 fully saturated rings. The molecule has 0 aliphatic heterocycles. The summed E-state index contributed by atoms with van der Waals surface area (Å²) in [5.74, 6) is -1.82. The van der Waals surface area contributed by atoms with Crippen molar-refractivity contribution in [2.75, 3.05) is 0 Å². The summed E-state index contributed by atoms with van der Waals surface area (Å²) in [5.41, 5.74) is -0.519. The molecule has 0 bridgehead atoms. The van der Waals surface area contributed by atoms with Gasteiger partial charge in [0.15, 0.2) is 5.41 Å². The molecule has 0 spiro atoms. The van der Waals surface area contributed by atoms with Gasteiger partial charge in [-0.15, -0.1) is 0 Å². The maximum atomic E-state index is 11.9. The number of hydrogen-bond acceptors (Lipinski definition) is 3. The Morgan fingerprint density at radius 1 is 1.41 bits per heavy atom. The highest BCUT2D eigenvalue weighted by atomic mass is 16.5. The van der Waals surface area contributed by atoms with E-state index in [0.717, 1.165) is 5.57 Å². The molecule has 0 saturated carbocycles. The Labute approximate surface area is 103 Å². The largest absolute Gasteiger partial charge is 0.480 e. The van der Waals surface area contributed by atoms with Crippen molar-refractivity contribution >= 4 is 11.9 Å². The van der Waals surface area contributed by atoms with E-state index in [1.807, 2.05) is 20.8 Å². The summed E-state index contributed by atoms with van der Waals surface area (Å²) in [4.78, 5) is 23.1. The zero-order valence-corrected chi connectivity index (χ0v) is 11.2. The SMILES string of the molecule is CCC(C)OC(=O)C(C)(CC=C(C)C)C(=O)O. The molecule has 0 saturated heterocycles. The van der Waals surface area contributed by atoms with Gasteiger partial charge < -0.3 is 9.84 Å². The van der Waals surface area contributed by atoms with Crippen LogP contribution in [0.25, 0.3) is 0 Å². The summed E-state index contributed by atoms with van der Waals surface area (Å²) in [6.45, 7) is 8.76. The quantitative estimate of drug-likeness (QED) is 0.442. The molecule has 2 unspecified atom stereocenters. The Kier molecular flexibility index (Phi) is 5.93. The molecule has 17 heavy (non-hydrogen) atoms. The Balaban J connectivity index is 4.88.